The SMILES string of the molecule is O=C(O)c1ccc(F)c(CNCCc2cccnc2)c1. The summed E-state index contributed by atoms with van der Waals surface area (Å²) >= 11 is 0. The summed E-state index contributed by atoms with van der Waals surface area (Å²) in [6.45, 7) is 0.968. The average molecular weight is 274 g/mol. The maximum atomic E-state index is 13.5. The van der Waals surface area contributed by atoms with E-state index in [1.165, 1.54) is 18.2 Å². The van der Waals surface area contributed by atoms with Crippen molar-refractivity contribution < 1.29 is 14.3 Å². The van der Waals surface area contributed by atoms with Crippen LogP contribution in [0, 0.1) is 5.82 Å². The molecule has 0 aliphatic rings. The Labute approximate surface area is 116 Å². The van der Waals surface area contributed by atoms with Crippen LogP contribution in [0.2, 0.25) is 0 Å². The van der Waals surface area contributed by atoms with Gasteiger partial charge in [-0.1, -0.05) is 6.07 Å². The van der Waals surface area contributed by atoms with Gasteiger partial charge in [0.2, 0.25) is 0 Å². The molecule has 0 radical (unpaired) electrons. The second-order valence-electron chi connectivity index (χ2n) is 4.40. The van der Waals surface area contributed by atoms with Crippen LogP contribution in [0.3, 0.4) is 0 Å². The Bertz CT molecular complexity index is 588. The van der Waals surface area contributed by atoms with Crippen LogP contribution >= 0.6 is 0 Å². The molecule has 1 aromatic carbocycles. The Morgan fingerprint density at radius 3 is 2.90 bits per heavy atom. The summed E-state index contributed by atoms with van der Waals surface area (Å²) in [7, 11) is 0. The summed E-state index contributed by atoms with van der Waals surface area (Å²) in [4.78, 5) is 14.8. The van der Waals surface area contributed by atoms with Gasteiger partial charge in [-0.2, -0.15) is 0 Å². The Hall–Kier alpha value is -2.27. The van der Waals surface area contributed by atoms with Gasteiger partial charge in [-0.05, 0) is 42.8 Å². The lowest BCUT2D eigenvalue weighted by Gasteiger charge is -2.07. The van der Waals surface area contributed by atoms with E-state index >= 15 is 0 Å². The van der Waals surface area contributed by atoms with Crippen LogP contribution in [-0.4, -0.2) is 22.6 Å². The predicted octanol–water partition coefficient (Wildman–Crippen LogP) is 2.25. The summed E-state index contributed by atoms with van der Waals surface area (Å²) in [6, 6.07) is 7.64. The standard InChI is InChI=1S/C15H15FN2O2/c16-14-4-3-12(15(19)20)8-13(14)10-18-7-5-11-2-1-6-17-9-11/h1-4,6,8-9,18H,5,7,10H2,(H,19,20). The number of nitrogens with one attached hydrogen (secondary N) is 1. The number of halogens is 1. The van der Waals surface area contributed by atoms with E-state index in [4.69, 9.17) is 5.11 Å². The van der Waals surface area contributed by atoms with Crippen LogP contribution in [0.1, 0.15) is 21.5 Å². The molecule has 1 heterocycles. The minimum atomic E-state index is -1.05. The predicted molar refractivity (Wildman–Crippen MR) is 73.0 cm³/mol. The third kappa shape index (κ3) is 3.86. The van der Waals surface area contributed by atoms with Crippen LogP contribution in [0.4, 0.5) is 4.39 Å². The zero-order valence-corrected chi connectivity index (χ0v) is 10.8. The second kappa shape index (κ2) is 6.77. The molecule has 0 atom stereocenters. The molecule has 4 nitrogen and oxygen atoms in total. The Kier molecular flexibility index (Phi) is 4.79. The van der Waals surface area contributed by atoms with Crippen molar-refractivity contribution in [1.29, 1.82) is 0 Å². The molecule has 0 amide bonds. The lowest BCUT2D eigenvalue weighted by molar-refractivity contribution is 0.0696. The highest BCUT2D eigenvalue weighted by Crippen LogP contribution is 2.10. The number of aromatic carboxylic acids is 1. The molecule has 0 spiro atoms. The monoisotopic (exact) mass is 274 g/mol. The van der Waals surface area contributed by atoms with Gasteiger partial charge in [0.1, 0.15) is 5.82 Å². The normalized spacial score (nSPS) is 10.4. The van der Waals surface area contributed by atoms with Gasteiger partial charge in [-0.3, -0.25) is 4.98 Å². The fourth-order valence-electron chi connectivity index (χ4n) is 1.85. The Morgan fingerprint density at radius 2 is 2.20 bits per heavy atom. The first kappa shape index (κ1) is 14.1. The molecule has 2 N–H and O–H groups in total. The molecule has 2 aromatic rings. The molecular formula is C15H15FN2O2. The van der Waals surface area contributed by atoms with Crippen molar-refractivity contribution in [1.82, 2.24) is 10.3 Å². The van der Waals surface area contributed by atoms with Crippen LogP contribution in [0.5, 0.6) is 0 Å². The van der Waals surface area contributed by atoms with Gasteiger partial charge in [0.05, 0.1) is 5.56 Å². The zero-order valence-electron chi connectivity index (χ0n) is 10.8. The van der Waals surface area contributed by atoms with Crippen molar-refractivity contribution in [2.24, 2.45) is 0 Å². The molecule has 0 aliphatic heterocycles. The van der Waals surface area contributed by atoms with E-state index < -0.39 is 11.8 Å². The van der Waals surface area contributed by atoms with E-state index in [-0.39, 0.29) is 5.56 Å². The first-order valence-corrected chi connectivity index (χ1v) is 6.28. The van der Waals surface area contributed by atoms with Crippen molar-refractivity contribution >= 4 is 5.97 Å². The van der Waals surface area contributed by atoms with Crippen molar-refractivity contribution in [3.63, 3.8) is 0 Å². The van der Waals surface area contributed by atoms with Gasteiger partial charge in [0, 0.05) is 24.5 Å². The second-order valence-corrected chi connectivity index (χ2v) is 4.40. The molecule has 5 heteroatoms. The molecule has 2 rings (SSSR count). The summed E-state index contributed by atoms with van der Waals surface area (Å²) in [6.07, 6.45) is 4.28. The smallest absolute Gasteiger partial charge is 0.335 e. The Balaban J connectivity index is 1.88. The zero-order chi connectivity index (χ0) is 14.4. The summed E-state index contributed by atoms with van der Waals surface area (Å²) in [5, 5.41) is 12.0. The fraction of sp³-hybridized carbons (Fsp3) is 0.200. The van der Waals surface area contributed by atoms with Gasteiger partial charge in [-0.15, -0.1) is 0 Å². The Morgan fingerprint density at radius 1 is 1.35 bits per heavy atom. The molecule has 0 aliphatic carbocycles. The highest BCUT2D eigenvalue weighted by molar-refractivity contribution is 5.87. The van der Waals surface area contributed by atoms with E-state index in [1.54, 1.807) is 12.4 Å². The number of nitrogens with zero attached hydrogens (tertiary/aromatic N) is 1. The van der Waals surface area contributed by atoms with Crippen LogP contribution < -0.4 is 5.32 Å². The number of hydrogen-bond acceptors (Lipinski definition) is 3. The summed E-state index contributed by atoms with van der Waals surface area (Å²) < 4.78 is 13.5. The fourth-order valence-corrected chi connectivity index (χ4v) is 1.85. The van der Waals surface area contributed by atoms with E-state index in [0.717, 1.165) is 12.0 Å². The van der Waals surface area contributed by atoms with Gasteiger partial charge in [0.25, 0.3) is 0 Å². The molecule has 0 unspecified atom stereocenters. The topological polar surface area (TPSA) is 62.2 Å². The number of rotatable bonds is 6. The molecule has 0 fully saturated rings. The molecule has 1 aromatic heterocycles. The number of carboxylic acid groups (broad SMARTS) is 1. The van der Waals surface area contributed by atoms with Crippen LogP contribution in [-0.2, 0) is 13.0 Å². The third-order valence-corrected chi connectivity index (χ3v) is 2.92. The molecule has 0 saturated carbocycles. The highest BCUT2D eigenvalue weighted by atomic mass is 19.1. The molecule has 104 valence electrons. The number of carbonyl (C=O) groups is 1. The maximum Gasteiger partial charge on any atom is 0.335 e. The van der Waals surface area contributed by atoms with Crippen LogP contribution in [0.25, 0.3) is 0 Å². The minimum Gasteiger partial charge on any atom is -0.478 e. The minimum absolute atomic E-state index is 0.0930. The van der Waals surface area contributed by atoms with E-state index in [0.29, 0.717) is 18.7 Å². The van der Waals surface area contributed by atoms with E-state index in [1.807, 2.05) is 12.1 Å². The largest absolute Gasteiger partial charge is 0.478 e. The number of benzene rings is 1. The number of carboxylic acids is 1. The summed E-state index contributed by atoms with van der Waals surface area (Å²) in [5.74, 6) is -1.45. The molecule has 0 saturated heterocycles. The van der Waals surface area contributed by atoms with Crippen molar-refractivity contribution in [3.8, 4) is 0 Å². The molecule has 0 bridgehead atoms. The lowest BCUT2D eigenvalue weighted by atomic mass is 10.1. The highest BCUT2D eigenvalue weighted by Gasteiger charge is 2.07. The van der Waals surface area contributed by atoms with Crippen molar-refractivity contribution in [3.05, 3.63) is 65.2 Å². The first-order valence-electron chi connectivity index (χ1n) is 6.28. The number of aromatic nitrogens is 1. The van der Waals surface area contributed by atoms with Crippen molar-refractivity contribution in [2.75, 3.05) is 6.54 Å². The molecular weight excluding hydrogens is 259 g/mol. The quantitative estimate of drug-likeness (QED) is 0.793. The lowest BCUT2D eigenvalue weighted by Crippen LogP contribution is -2.18. The van der Waals surface area contributed by atoms with Gasteiger partial charge in [0.15, 0.2) is 0 Å². The molecule has 20 heavy (non-hydrogen) atoms. The third-order valence-electron chi connectivity index (χ3n) is 2.92. The van der Waals surface area contributed by atoms with Gasteiger partial charge < -0.3 is 10.4 Å². The number of hydrogen-bond donors (Lipinski definition) is 2. The number of pyridine rings is 1. The summed E-state index contributed by atoms with van der Waals surface area (Å²) in [5.41, 5.74) is 1.55. The van der Waals surface area contributed by atoms with Gasteiger partial charge in [-0.25, -0.2) is 9.18 Å². The van der Waals surface area contributed by atoms with E-state index in [2.05, 4.69) is 10.3 Å². The first-order chi connectivity index (χ1) is 9.66. The van der Waals surface area contributed by atoms with Crippen LogP contribution in [0.15, 0.2) is 42.7 Å². The van der Waals surface area contributed by atoms with E-state index in [9.17, 15) is 9.18 Å². The average Bonchev–Trinajstić information content (AvgIpc) is 2.46. The van der Waals surface area contributed by atoms with Crippen molar-refractivity contribution in [2.45, 2.75) is 13.0 Å². The van der Waals surface area contributed by atoms with Gasteiger partial charge >= 0.3 is 5.97 Å². The maximum absolute atomic E-state index is 13.5.